The maximum absolute atomic E-state index is 11.6. The van der Waals surface area contributed by atoms with Crippen molar-refractivity contribution in [2.24, 2.45) is 0 Å². The lowest BCUT2D eigenvalue weighted by atomic mass is 9.97. The van der Waals surface area contributed by atoms with Crippen LogP contribution < -0.4 is 0 Å². The van der Waals surface area contributed by atoms with Gasteiger partial charge in [-0.3, -0.25) is 19.7 Å². The molecule has 1 rings (SSSR count). The standard InChI is InChI=1S/C12H10N2O6/c1-2-20-12(17)10(11(15)16)7-3-4-9(14(18)19)8(5-7)6-13/h3-5,10H,2H2,1H3,(H,15,16). The maximum Gasteiger partial charge on any atom is 0.324 e. The molecule has 1 aromatic rings. The second-order valence-corrected chi connectivity index (χ2v) is 3.67. The Bertz CT molecular complexity index is 604. The van der Waals surface area contributed by atoms with Crippen LogP contribution in [0.3, 0.4) is 0 Å². The summed E-state index contributed by atoms with van der Waals surface area (Å²) >= 11 is 0. The molecular weight excluding hydrogens is 268 g/mol. The van der Waals surface area contributed by atoms with Gasteiger partial charge in [0.1, 0.15) is 11.6 Å². The summed E-state index contributed by atoms with van der Waals surface area (Å²) in [6.45, 7) is 1.52. The summed E-state index contributed by atoms with van der Waals surface area (Å²) in [5, 5.41) is 28.6. The van der Waals surface area contributed by atoms with E-state index in [1.807, 2.05) is 0 Å². The van der Waals surface area contributed by atoms with Gasteiger partial charge in [-0.2, -0.15) is 5.26 Å². The van der Waals surface area contributed by atoms with Gasteiger partial charge in [-0.05, 0) is 18.6 Å². The number of hydrogen-bond acceptors (Lipinski definition) is 6. The number of carbonyl (C=O) groups is 2. The number of aliphatic carboxylic acids is 1. The molecule has 104 valence electrons. The van der Waals surface area contributed by atoms with Gasteiger partial charge in [0.2, 0.25) is 0 Å². The molecule has 0 amide bonds. The molecule has 0 spiro atoms. The van der Waals surface area contributed by atoms with Crippen molar-refractivity contribution in [3.63, 3.8) is 0 Å². The van der Waals surface area contributed by atoms with Crippen LogP contribution in [0.2, 0.25) is 0 Å². The molecule has 0 heterocycles. The lowest BCUT2D eigenvalue weighted by molar-refractivity contribution is -0.385. The molecule has 1 unspecified atom stereocenters. The highest BCUT2D eigenvalue weighted by Gasteiger charge is 2.31. The average molecular weight is 278 g/mol. The Balaban J connectivity index is 3.30. The summed E-state index contributed by atoms with van der Waals surface area (Å²) < 4.78 is 4.63. The molecule has 0 aliphatic rings. The molecule has 1 aromatic carbocycles. The number of esters is 1. The number of carbonyl (C=O) groups excluding carboxylic acids is 1. The zero-order valence-electron chi connectivity index (χ0n) is 10.4. The first-order chi connectivity index (χ1) is 9.42. The normalized spacial score (nSPS) is 11.2. The lowest BCUT2D eigenvalue weighted by Crippen LogP contribution is -2.24. The first-order valence-corrected chi connectivity index (χ1v) is 5.50. The number of hydrogen-bond donors (Lipinski definition) is 1. The SMILES string of the molecule is CCOC(=O)C(C(=O)O)c1ccc([N+](=O)[O-])c(C#N)c1. The first kappa shape index (κ1) is 15.1. The van der Waals surface area contributed by atoms with Crippen molar-refractivity contribution in [2.45, 2.75) is 12.8 Å². The minimum atomic E-state index is -1.62. The van der Waals surface area contributed by atoms with E-state index in [0.717, 1.165) is 18.2 Å². The molecule has 0 bridgehead atoms. The molecule has 0 aliphatic heterocycles. The summed E-state index contributed by atoms with van der Waals surface area (Å²) in [6, 6.07) is 4.71. The third-order valence-corrected chi connectivity index (χ3v) is 2.44. The van der Waals surface area contributed by atoms with Gasteiger partial charge in [0.25, 0.3) is 5.69 Å². The predicted molar refractivity (Wildman–Crippen MR) is 64.8 cm³/mol. The maximum atomic E-state index is 11.6. The number of carboxylic acids is 1. The van der Waals surface area contributed by atoms with Gasteiger partial charge >= 0.3 is 11.9 Å². The highest BCUT2D eigenvalue weighted by atomic mass is 16.6. The summed E-state index contributed by atoms with van der Waals surface area (Å²) in [6.07, 6.45) is 0. The van der Waals surface area contributed by atoms with E-state index in [0.29, 0.717) is 0 Å². The van der Waals surface area contributed by atoms with Crippen molar-refractivity contribution in [2.75, 3.05) is 6.61 Å². The Morgan fingerprint density at radius 2 is 2.20 bits per heavy atom. The number of benzene rings is 1. The van der Waals surface area contributed by atoms with Crippen LogP contribution in [-0.2, 0) is 14.3 Å². The molecule has 0 saturated heterocycles. The van der Waals surface area contributed by atoms with Crippen molar-refractivity contribution >= 4 is 17.6 Å². The van der Waals surface area contributed by atoms with Crippen LogP contribution >= 0.6 is 0 Å². The van der Waals surface area contributed by atoms with Crippen molar-refractivity contribution < 1.29 is 24.4 Å². The van der Waals surface area contributed by atoms with Gasteiger partial charge in [-0.15, -0.1) is 0 Å². The van der Waals surface area contributed by atoms with Gasteiger partial charge in [-0.1, -0.05) is 6.07 Å². The molecule has 8 heteroatoms. The zero-order chi connectivity index (χ0) is 15.3. The number of nitro benzene ring substituents is 1. The van der Waals surface area contributed by atoms with Crippen molar-refractivity contribution in [3.8, 4) is 6.07 Å². The molecule has 1 N–H and O–H groups in total. The van der Waals surface area contributed by atoms with Crippen molar-refractivity contribution in [1.29, 1.82) is 5.26 Å². The second kappa shape index (κ2) is 6.29. The van der Waals surface area contributed by atoms with E-state index in [1.54, 1.807) is 6.07 Å². The molecule has 0 saturated carbocycles. The fraction of sp³-hybridized carbons (Fsp3) is 0.250. The van der Waals surface area contributed by atoms with Crippen molar-refractivity contribution in [1.82, 2.24) is 0 Å². The van der Waals surface area contributed by atoms with Gasteiger partial charge in [0.15, 0.2) is 5.92 Å². The van der Waals surface area contributed by atoms with E-state index >= 15 is 0 Å². The van der Waals surface area contributed by atoms with Gasteiger partial charge in [0.05, 0.1) is 11.5 Å². The highest BCUT2D eigenvalue weighted by Crippen LogP contribution is 2.25. The fourth-order valence-corrected chi connectivity index (χ4v) is 1.59. The van der Waals surface area contributed by atoms with E-state index in [1.165, 1.54) is 6.92 Å². The summed E-state index contributed by atoms with van der Waals surface area (Å²) in [5.74, 6) is -4.07. The van der Waals surface area contributed by atoms with Crippen LogP contribution in [0.15, 0.2) is 18.2 Å². The van der Waals surface area contributed by atoms with Crippen LogP contribution in [0.25, 0.3) is 0 Å². The largest absolute Gasteiger partial charge is 0.480 e. The molecule has 0 fully saturated rings. The number of nitriles is 1. The van der Waals surface area contributed by atoms with E-state index in [2.05, 4.69) is 4.74 Å². The Morgan fingerprint density at radius 1 is 1.55 bits per heavy atom. The fourth-order valence-electron chi connectivity index (χ4n) is 1.59. The van der Waals surface area contributed by atoms with E-state index in [-0.39, 0.29) is 17.7 Å². The molecule has 0 aromatic heterocycles. The lowest BCUT2D eigenvalue weighted by Gasteiger charge is -2.11. The number of ether oxygens (including phenoxy) is 1. The zero-order valence-corrected chi connectivity index (χ0v) is 10.4. The molecule has 20 heavy (non-hydrogen) atoms. The van der Waals surface area contributed by atoms with E-state index in [9.17, 15) is 19.7 Å². The minimum Gasteiger partial charge on any atom is -0.480 e. The Hall–Kier alpha value is -2.95. The number of carboxylic acid groups (broad SMARTS) is 1. The quantitative estimate of drug-likeness (QED) is 0.370. The van der Waals surface area contributed by atoms with Gasteiger partial charge < -0.3 is 9.84 Å². The molecule has 8 nitrogen and oxygen atoms in total. The molecule has 1 atom stereocenters. The topological polar surface area (TPSA) is 131 Å². The van der Waals surface area contributed by atoms with Crippen LogP contribution in [0.5, 0.6) is 0 Å². The Labute approximate surface area is 113 Å². The summed E-state index contributed by atoms with van der Waals surface area (Å²) in [7, 11) is 0. The number of rotatable bonds is 5. The summed E-state index contributed by atoms with van der Waals surface area (Å²) in [4.78, 5) is 32.6. The summed E-state index contributed by atoms with van der Waals surface area (Å²) in [5.41, 5.74) is -0.814. The third-order valence-electron chi connectivity index (χ3n) is 2.44. The van der Waals surface area contributed by atoms with Gasteiger partial charge in [0, 0.05) is 6.07 Å². The molecule has 0 radical (unpaired) electrons. The van der Waals surface area contributed by atoms with E-state index < -0.39 is 28.5 Å². The number of nitrogens with zero attached hydrogens (tertiary/aromatic N) is 2. The first-order valence-electron chi connectivity index (χ1n) is 5.50. The second-order valence-electron chi connectivity index (χ2n) is 3.67. The Morgan fingerprint density at radius 3 is 2.65 bits per heavy atom. The van der Waals surface area contributed by atoms with Crippen molar-refractivity contribution in [3.05, 3.63) is 39.4 Å². The van der Waals surface area contributed by atoms with Gasteiger partial charge in [-0.25, -0.2) is 0 Å². The van der Waals surface area contributed by atoms with E-state index in [4.69, 9.17) is 10.4 Å². The van der Waals surface area contributed by atoms with Crippen LogP contribution in [-0.4, -0.2) is 28.6 Å². The smallest absolute Gasteiger partial charge is 0.324 e. The van der Waals surface area contributed by atoms with Crippen LogP contribution in [0.4, 0.5) is 5.69 Å². The molecule has 0 aliphatic carbocycles. The monoisotopic (exact) mass is 278 g/mol. The third kappa shape index (κ3) is 3.08. The van der Waals surface area contributed by atoms with Crippen LogP contribution in [0.1, 0.15) is 24.0 Å². The number of nitro groups is 1. The Kier molecular flexibility index (Phi) is 4.75. The average Bonchev–Trinajstić information content (AvgIpc) is 2.38. The minimum absolute atomic E-state index is 0.000696. The predicted octanol–water partition coefficient (Wildman–Crippen LogP) is 1.20. The highest BCUT2D eigenvalue weighted by molar-refractivity contribution is 6.00. The van der Waals surface area contributed by atoms with Crippen LogP contribution in [0, 0.1) is 21.4 Å². The molecular formula is C12H10N2O6.